The monoisotopic (exact) mass is 156 g/mol. The van der Waals surface area contributed by atoms with Crippen LogP contribution in [0.5, 0.6) is 0 Å². The van der Waals surface area contributed by atoms with Gasteiger partial charge < -0.3 is 5.11 Å². The fourth-order valence-electron chi connectivity index (χ4n) is 2.22. The van der Waals surface area contributed by atoms with Crippen molar-refractivity contribution in [3.63, 3.8) is 0 Å². The van der Waals surface area contributed by atoms with Crippen LogP contribution in [0.15, 0.2) is 0 Å². The maximum Gasteiger partial charge on any atom is 0.0461 e. The fourth-order valence-corrected chi connectivity index (χ4v) is 2.22. The highest BCUT2D eigenvalue weighted by atomic mass is 16.3. The molecule has 1 saturated carbocycles. The molecule has 1 N–H and O–H groups in total. The van der Waals surface area contributed by atoms with Crippen molar-refractivity contribution in [2.45, 2.75) is 45.4 Å². The van der Waals surface area contributed by atoms with Crippen LogP contribution in [0.4, 0.5) is 0 Å². The summed E-state index contributed by atoms with van der Waals surface area (Å²) in [6.07, 6.45) is 8.07. The maximum absolute atomic E-state index is 9.08. The molecule has 1 fully saturated rings. The maximum atomic E-state index is 9.08. The van der Waals surface area contributed by atoms with Crippen LogP contribution in [0.2, 0.25) is 0 Å². The minimum Gasteiger partial charge on any atom is -0.396 e. The summed E-state index contributed by atoms with van der Waals surface area (Å²) in [4.78, 5) is 0. The van der Waals surface area contributed by atoms with Crippen molar-refractivity contribution in [2.75, 3.05) is 6.61 Å². The third-order valence-electron chi connectivity index (χ3n) is 3.08. The van der Waals surface area contributed by atoms with Crippen LogP contribution in [-0.2, 0) is 0 Å². The summed E-state index contributed by atoms with van der Waals surface area (Å²) in [5.74, 6) is 1.43. The molecule has 1 aliphatic rings. The predicted molar refractivity (Wildman–Crippen MR) is 47.4 cm³/mol. The summed E-state index contributed by atoms with van der Waals surface area (Å²) in [5, 5.41) is 9.08. The number of hydrogen-bond donors (Lipinski definition) is 1. The van der Waals surface area contributed by atoms with Crippen molar-refractivity contribution < 1.29 is 5.11 Å². The van der Waals surface area contributed by atoms with Crippen molar-refractivity contribution in [3.8, 4) is 0 Å². The van der Waals surface area contributed by atoms with Crippen molar-refractivity contribution in [3.05, 3.63) is 0 Å². The van der Waals surface area contributed by atoms with Gasteiger partial charge in [-0.25, -0.2) is 0 Å². The van der Waals surface area contributed by atoms with E-state index in [0.717, 1.165) is 12.3 Å². The lowest BCUT2D eigenvalue weighted by molar-refractivity contribution is 0.144. The van der Waals surface area contributed by atoms with Gasteiger partial charge in [-0.15, -0.1) is 0 Å². The topological polar surface area (TPSA) is 20.2 Å². The van der Waals surface area contributed by atoms with Gasteiger partial charge in [0, 0.05) is 6.61 Å². The second-order valence-electron chi connectivity index (χ2n) is 3.75. The molecular formula is C10H20O. The number of aliphatic hydroxyl groups excluding tert-OH is 1. The minimum atomic E-state index is 0.404. The molecule has 11 heavy (non-hydrogen) atoms. The van der Waals surface area contributed by atoms with E-state index in [9.17, 15) is 0 Å². The molecule has 0 aliphatic heterocycles. The first-order valence-corrected chi connectivity index (χ1v) is 4.99. The van der Waals surface area contributed by atoms with E-state index in [-0.39, 0.29) is 0 Å². The van der Waals surface area contributed by atoms with E-state index in [2.05, 4.69) is 6.92 Å². The Labute approximate surface area is 69.8 Å². The molecule has 0 saturated heterocycles. The highest BCUT2D eigenvalue weighted by Crippen LogP contribution is 2.31. The lowest BCUT2D eigenvalue weighted by Crippen LogP contribution is -2.20. The average molecular weight is 156 g/mol. The van der Waals surface area contributed by atoms with E-state index in [1.165, 1.54) is 32.1 Å². The van der Waals surface area contributed by atoms with Crippen LogP contribution >= 0.6 is 0 Å². The molecule has 0 heterocycles. The van der Waals surface area contributed by atoms with Gasteiger partial charge >= 0.3 is 0 Å². The Bertz CT molecular complexity index is 91.0. The van der Waals surface area contributed by atoms with Gasteiger partial charge in [-0.2, -0.15) is 0 Å². The van der Waals surface area contributed by atoms with Crippen molar-refractivity contribution >= 4 is 0 Å². The molecule has 1 aliphatic carbocycles. The Kier molecular flexibility index (Phi) is 3.92. The molecule has 0 spiro atoms. The van der Waals surface area contributed by atoms with Gasteiger partial charge in [0.15, 0.2) is 0 Å². The fraction of sp³-hybridized carbons (Fsp3) is 1.00. The predicted octanol–water partition coefficient (Wildman–Crippen LogP) is 2.59. The van der Waals surface area contributed by atoms with Gasteiger partial charge in [0.2, 0.25) is 0 Å². The molecule has 0 radical (unpaired) electrons. The first-order valence-electron chi connectivity index (χ1n) is 4.99. The van der Waals surface area contributed by atoms with E-state index >= 15 is 0 Å². The van der Waals surface area contributed by atoms with Gasteiger partial charge in [-0.3, -0.25) is 0 Å². The standard InChI is InChI=1S/C10H20O/c1-2-9(8-11)10-6-4-3-5-7-10/h9-11H,2-8H2,1H3/t9-/m1/s1. The zero-order valence-corrected chi connectivity index (χ0v) is 7.55. The molecule has 1 nitrogen and oxygen atoms in total. The zero-order chi connectivity index (χ0) is 8.10. The molecule has 66 valence electrons. The summed E-state index contributed by atoms with van der Waals surface area (Å²) in [6.45, 7) is 2.59. The average Bonchev–Trinajstić information content (AvgIpc) is 2.09. The Morgan fingerprint density at radius 1 is 1.27 bits per heavy atom. The Hall–Kier alpha value is -0.0400. The van der Waals surface area contributed by atoms with Crippen LogP contribution in [0.3, 0.4) is 0 Å². The summed E-state index contributed by atoms with van der Waals surface area (Å²) in [6, 6.07) is 0. The quantitative estimate of drug-likeness (QED) is 0.666. The van der Waals surface area contributed by atoms with Gasteiger partial charge in [-0.1, -0.05) is 45.4 Å². The van der Waals surface area contributed by atoms with Crippen LogP contribution in [0.25, 0.3) is 0 Å². The lowest BCUT2D eigenvalue weighted by atomic mass is 9.79. The molecule has 0 aromatic heterocycles. The minimum absolute atomic E-state index is 0.404. The zero-order valence-electron chi connectivity index (χ0n) is 7.55. The van der Waals surface area contributed by atoms with Crippen molar-refractivity contribution in [1.82, 2.24) is 0 Å². The Balaban J connectivity index is 2.30. The van der Waals surface area contributed by atoms with Crippen LogP contribution < -0.4 is 0 Å². The summed E-state index contributed by atoms with van der Waals surface area (Å²) in [7, 11) is 0. The van der Waals surface area contributed by atoms with Crippen molar-refractivity contribution in [2.24, 2.45) is 11.8 Å². The van der Waals surface area contributed by atoms with Crippen molar-refractivity contribution in [1.29, 1.82) is 0 Å². The van der Waals surface area contributed by atoms with Crippen LogP contribution in [-0.4, -0.2) is 11.7 Å². The summed E-state index contributed by atoms with van der Waals surface area (Å²) < 4.78 is 0. The molecule has 1 heteroatoms. The van der Waals surface area contributed by atoms with Crippen LogP contribution in [0, 0.1) is 11.8 Å². The first kappa shape index (κ1) is 9.05. The van der Waals surface area contributed by atoms with E-state index in [1.807, 2.05) is 0 Å². The summed E-state index contributed by atoms with van der Waals surface area (Å²) in [5.41, 5.74) is 0. The second-order valence-corrected chi connectivity index (χ2v) is 3.75. The van der Waals surface area contributed by atoms with Gasteiger partial charge in [0.05, 0.1) is 0 Å². The Morgan fingerprint density at radius 2 is 1.91 bits per heavy atom. The molecule has 0 aromatic rings. The second kappa shape index (κ2) is 4.76. The lowest BCUT2D eigenvalue weighted by Gasteiger charge is -2.27. The molecule has 1 atom stereocenters. The third-order valence-corrected chi connectivity index (χ3v) is 3.08. The summed E-state index contributed by atoms with van der Waals surface area (Å²) >= 11 is 0. The van der Waals surface area contributed by atoms with E-state index in [4.69, 9.17) is 5.11 Å². The molecule has 0 amide bonds. The Morgan fingerprint density at radius 3 is 2.36 bits per heavy atom. The molecule has 0 aromatic carbocycles. The number of aliphatic hydroxyl groups is 1. The molecule has 1 rings (SSSR count). The largest absolute Gasteiger partial charge is 0.396 e. The first-order chi connectivity index (χ1) is 5.38. The third kappa shape index (κ3) is 2.48. The SMILES string of the molecule is CC[C@H](CO)C1CCCCC1. The normalized spacial score (nSPS) is 23.5. The van der Waals surface area contributed by atoms with Gasteiger partial charge in [0.25, 0.3) is 0 Å². The van der Waals surface area contributed by atoms with Gasteiger partial charge in [0.1, 0.15) is 0 Å². The van der Waals surface area contributed by atoms with E-state index in [1.54, 1.807) is 0 Å². The van der Waals surface area contributed by atoms with Crippen LogP contribution in [0.1, 0.15) is 45.4 Å². The smallest absolute Gasteiger partial charge is 0.0461 e. The molecular weight excluding hydrogens is 136 g/mol. The number of hydrogen-bond acceptors (Lipinski definition) is 1. The highest BCUT2D eigenvalue weighted by Gasteiger charge is 2.20. The highest BCUT2D eigenvalue weighted by molar-refractivity contribution is 4.72. The molecule has 0 bridgehead atoms. The molecule has 0 unspecified atom stereocenters. The number of rotatable bonds is 3. The van der Waals surface area contributed by atoms with E-state index in [0.29, 0.717) is 12.5 Å². The van der Waals surface area contributed by atoms with Gasteiger partial charge in [-0.05, 0) is 11.8 Å². The van der Waals surface area contributed by atoms with E-state index < -0.39 is 0 Å².